The average molecular weight is 281 g/mol. The number of rotatable bonds is 10. The van der Waals surface area contributed by atoms with Crippen molar-refractivity contribution in [3.05, 3.63) is 23.8 Å². The Morgan fingerprint density at radius 3 is 2.65 bits per heavy atom. The van der Waals surface area contributed by atoms with Crippen LogP contribution in [0, 0.1) is 5.92 Å². The molecule has 20 heavy (non-hydrogen) atoms. The predicted octanol–water partition coefficient (Wildman–Crippen LogP) is 2.59. The van der Waals surface area contributed by atoms with E-state index < -0.39 is 0 Å². The van der Waals surface area contributed by atoms with Gasteiger partial charge in [0, 0.05) is 13.2 Å². The lowest BCUT2D eigenvalue weighted by Gasteiger charge is -2.13. The van der Waals surface area contributed by atoms with Crippen molar-refractivity contribution < 1.29 is 14.6 Å². The monoisotopic (exact) mass is 281 g/mol. The molecule has 0 spiro atoms. The van der Waals surface area contributed by atoms with Crippen LogP contribution in [0.4, 0.5) is 0 Å². The van der Waals surface area contributed by atoms with Crippen molar-refractivity contribution in [1.82, 2.24) is 5.32 Å². The first-order valence-electron chi connectivity index (χ1n) is 7.28. The second kappa shape index (κ2) is 9.61. The SMILES string of the molecule is COc1cc(CNCC(C)C)ccc1OCCCCO. The van der Waals surface area contributed by atoms with Crippen LogP contribution < -0.4 is 14.8 Å². The highest BCUT2D eigenvalue weighted by Crippen LogP contribution is 2.28. The average Bonchev–Trinajstić information content (AvgIpc) is 2.44. The van der Waals surface area contributed by atoms with Gasteiger partial charge >= 0.3 is 0 Å². The van der Waals surface area contributed by atoms with Gasteiger partial charge in [-0.15, -0.1) is 0 Å². The first-order chi connectivity index (χ1) is 9.67. The lowest BCUT2D eigenvalue weighted by molar-refractivity contribution is 0.247. The van der Waals surface area contributed by atoms with Crippen LogP contribution in [0.25, 0.3) is 0 Å². The van der Waals surface area contributed by atoms with Crippen LogP contribution >= 0.6 is 0 Å². The maximum Gasteiger partial charge on any atom is 0.161 e. The van der Waals surface area contributed by atoms with E-state index in [4.69, 9.17) is 14.6 Å². The molecule has 1 rings (SSSR count). The molecule has 1 aromatic carbocycles. The number of methoxy groups -OCH3 is 1. The third kappa shape index (κ3) is 6.26. The van der Waals surface area contributed by atoms with Gasteiger partial charge in [-0.1, -0.05) is 19.9 Å². The van der Waals surface area contributed by atoms with Crippen LogP contribution in [-0.4, -0.2) is 32.0 Å². The molecule has 0 saturated heterocycles. The van der Waals surface area contributed by atoms with Crippen LogP contribution in [0.1, 0.15) is 32.3 Å². The molecular formula is C16H27NO3. The molecule has 4 nitrogen and oxygen atoms in total. The Labute approximate surface area is 122 Å². The highest BCUT2D eigenvalue weighted by molar-refractivity contribution is 5.42. The molecule has 0 bridgehead atoms. The predicted molar refractivity (Wildman–Crippen MR) is 81.4 cm³/mol. The Bertz CT molecular complexity index is 380. The zero-order valence-electron chi connectivity index (χ0n) is 12.8. The minimum Gasteiger partial charge on any atom is -0.493 e. The fourth-order valence-corrected chi connectivity index (χ4v) is 1.84. The second-order valence-corrected chi connectivity index (χ2v) is 5.29. The zero-order chi connectivity index (χ0) is 14.8. The third-order valence-corrected chi connectivity index (χ3v) is 2.92. The van der Waals surface area contributed by atoms with Gasteiger partial charge in [-0.2, -0.15) is 0 Å². The van der Waals surface area contributed by atoms with E-state index in [0.717, 1.165) is 37.4 Å². The number of benzene rings is 1. The van der Waals surface area contributed by atoms with E-state index >= 15 is 0 Å². The molecule has 0 aromatic heterocycles. The first kappa shape index (κ1) is 16.8. The number of aliphatic hydroxyl groups is 1. The van der Waals surface area contributed by atoms with Crippen LogP contribution in [-0.2, 0) is 6.54 Å². The molecule has 0 atom stereocenters. The maximum absolute atomic E-state index is 8.73. The fourth-order valence-electron chi connectivity index (χ4n) is 1.84. The quantitative estimate of drug-likeness (QED) is 0.647. The molecule has 4 heteroatoms. The number of nitrogens with one attached hydrogen (secondary N) is 1. The molecule has 0 saturated carbocycles. The van der Waals surface area contributed by atoms with Gasteiger partial charge in [-0.25, -0.2) is 0 Å². The molecule has 114 valence electrons. The fraction of sp³-hybridized carbons (Fsp3) is 0.625. The summed E-state index contributed by atoms with van der Waals surface area (Å²) in [6.45, 7) is 7.03. The Morgan fingerprint density at radius 1 is 1.20 bits per heavy atom. The van der Waals surface area contributed by atoms with Crippen LogP contribution in [0.5, 0.6) is 11.5 Å². The molecule has 0 aliphatic heterocycles. The van der Waals surface area contributed by atoms with Gasteiger partial charge in [0.1, 0.15) is 0 Å². The molecule has 0 unspecified atom stereocenters. The van der Waals surface area contributed by atoms with E-state index in [2.05, 4.69) is 25.2 Å². The number of hydrogen-bond acceptors (Lipinski definition) is 4. The van der Waals surface area contributed by atoms with Gasteiger partial charge < -0.3 is 19.9 Å². The summed E-state index contributed by atoms with van der Waals surface area (Å²) < 4.78 is 11.0. The van der Waals surface area contributed by atoms with Gasteiger partial charge in [0.05, 0.1) is 13.7 Å². The van der Waals surface area contributed by atoms with Crippen molar-refractivity contribution >= 4 is 0 Å². The Morgan fingerprint density at radius 2 is 2.00 bits per heavy atom. The van der Waals surface area contributed by atoms with Crippen molar-refractivity contribution in [2.75, 3.05) is 26.9 Å². The van der Waals surface area contributed by atoms with Crippen LogP contribution in [0.2, 0.25) is 0 Å². The van der Waals surface area contributed by atoms with E-state index in [1.165, 1.54) is 5.56 Å². The Hall–Kier alpha value is -1.26. The van der Waals surface area contributed by atoms with Crippen LogP contribution in [0.3, 0.4) is 0 Å². The largest absolute Gasteiger partial charge is 0.493 e. The maximum atomic E-state index is 8.73. The standard InChI is InChI=1S/C16H27NO3/c1-13(2)11-17-12-14-6-7-15(16(10-14)19-3)20-9-5-4-8-18/h6-7,10,13,17-18H,4-5,8-9,11-12H2,1-3H3. The summed E-state index contributed by atoms with van der Waals surface area (Å²) >= 11 is 0. The van der Waals surface area contributed by atoms with Gasteiger partial charge in [0.2, 0.25) is 0 Å². The lowest BCUT2D eigenvalue weighted by atomic mass is 10.2. The minimum atomic E-state index is 0.209. The first-order valence-corrected chi connectivity index (χ1v) is 7.28. The topological polar surface area (TPSA) is 50.7 Å². The van der Waals surface area contributed by atoms with E-state index in [1.807, 2.05) is 12.1 Å². The summed E-state index contributed by atoms with van der Waals surface area (Å²) in [5.74, 6) is 2.17. The summed E-state index contributed by atoms with van der Waals surface area (Å²) in [5.41, 5.74) is 1.19. The Kier molecular flexibility index (Phi) is 8.07. The highest BCUT2D eigenvalue weighted by atomic mass is 16.5. The number of hydrogen-bond donors (Lipinski definition) is 2. The van der Waals surface area contributed by atoms with Gasteiger partial charge in [-0.3, -0.25) is 0 Å². The van der Waals surface area contributed by atoms with E-state index in [1.54, 1.807) is 7.11 Å². The summed E-state index contributed by atoms with van der Waals surface area (Å²) in [6.07, 6.45) is 1.61. The van der Waals surface area contributed by atoms with Gasteiger partial charge in [-0.05, 0) is 43.0 Å². The highest BCUT2D eigenvalue weighted by Gasteiger charge is 2.06. The minimum absolute atomic E-state index is 0.209. The molecule has 2 N–H and O–H groups in total. The molecular weight excluding hydrogens is 254 g/mol. The lowest BCUT2D eigenvalue weighted by Crippen LogP contribution is -2.18. The Balaban J connectivity index is 2.51. The zero-order valence-corrected chi connectivity index (χ0v) is 12.8. The van der Waals surface area contributed by atoms with Crippen molar-refractivity contribution in [2.45, 2.75) is 33.2 Å². The van der Waals surface area contributed by atoms with Crippen molar-refractivity contribution in [1.29, 1.82) is 0 Å². The van der Waals surface area contributed by atoms with E-state index in [0.29, 0.717) is 12.5 Å². The summed E-state index contributed by atoms with van der Waals surface area (Å²) in [6, 6.07) is 6.01. The van der Waals surface area contributed by atoms with Crippen molar-refractivity contribution in [3.63, 3.8) is 0 Å². The molecule has 1 aromatic rings. The van der Waals surface area contributed by atoms with Gasteiger partial charge in [0.25, 0.3) is 0 Å². The number of ether oxygens (including phenoxy) is 2. The molecule has 0 heterocycles. The summed E-state index contributed by atoms with van der Waals surface area (Å²) in [4.78, 5) is 0. The van der Waals surface area contributed by atoms with Crippen molar-refractivity contribution in [2.24, 2.45) is 5.92 Å². The second-order valence-electron chi connectivity index (χ2n) is 5.29. The number of aliphatic hydroxyl groups excluding tert-OH is 1. The summed E-state index contributed by atoms with van der Waals surface area (Å²) in [7, 11) is 1.65. The molecule has 0 radical (unpaired) electrons. The van der Waals surface area contributed by atoms with E-state index in [-0.39, 0.29) is 6.61 Å². The molecule has 0 aliphatic rings. The molecule has 0 amide bonds. The van der Waals surface area contributed by atoms with E-state index in [9.17, 15) is 0 Å². The molecule has 0 fully saturated rings. The van der Waals surface area contributed by atoms with Gasteiger partial charge in [0.15, 0.2) is 11.5 Å². The van der Waals surface area contributed by atoms with Crippen molar-refractivity contribution in [3.8, 4) is 11.5 Å². The van der Waals surface area contributed by atoms with Crippen LogP contribution in [0.15, 0.2) is 18.2 Å². The summed E-state index contributed by atoms with van der Waals surface area (Å²) in [5, 5.41) is 12.1. The number of unbranched alkanes of at least 4 members (excludes halogenated alkanes) is 1. The normalized spacial score (nSPS) is 10.8. The molecule has 0 aliphatic carbocycles. The third-order valence-electron chi connectivity index (χ3n) is 2.92. The smallest absolute Gasteiger partial charge is 0.161 e.